The first-order valence-corrected chi connectivity index (χ1v) is 6.02. The van der Waals surface area contributed by atoms with E-state index >= 15 is 0 Å². The fourth-order valence-electron chi connectivity index (χ4n) is 1.31. The Morgan fingerprint density at radius 1 is 1.18 bits per heavy atom. The number of hydrazone groups is 1. The van der Waals surface area contributed by atoms with Crippen molar-refractivity contribution in [2.45, 2.75) is 6.92 Å². The average Bonchev–Trinajstić information content (AvgIpc) is 2.39. The third-order valence-corrected chi connectivity index (χ3v) is 2.76. The number of aromatic nitrogens is 1. The van der Waals surface area contributed by atoms with E-state index in [0.717, 1.165) is 21.6 Å². The maximum Gasteiger partial charge on any atom is 0.0859 e. The van der Waals surface area contributed by atoms with Crippen LogP contribution < -0.4 is 5.43 Å². The van der Waals surface area contributed by atoms with Crippen molar-refractivity contribution in [2.75, 3.05) is 5.43 Å². The van der Waals surface area contributed by atoms with Gasteiger partial charge in [0.2, 0.25) is 0 Å². The summed E-state index contributed by atoms with van der Waals surface area (Å²) in [6.45, 7) is 1.92. The number of benzene rings is 1. The number of nitrogens with zero attached hydrogens (tertiary/aromatic N) is 2. The van der Waals surface area contributed by atoms with Crippen LogP contribution >= 0.6 is 15.9 Å². The Morgan fingerprint density at radius 3 is 2.59 bits per heavy atom. The number of halogens is 1. The zero-order chi connectivity index (χ0) is 12.1. The maximum absolute atomic E-state index is 4.28. The highest BCUT2D eigenvalue weighted by Gasteiger charge is 1.97. The molecule has 0 aliphatic carbocycles. The van der Waals surface area contributed by atoms with E-state index in [0.29, 0.717) is 0 Å². The van der Waals surface area contributed by atoms with Crippen molar-refractivity contribution in [3.8, 4) is 0 Å². The molecular formula is C13H12BrN3. The van der Waals surface area contributed by atoms with Gasteiger partial charge in [0, 0.05) is 10.7 Å². The smallest absolute Gasteiger partial charge is 0.0859 e. The molecule has 1 heterocycles. The van der Waals surface area contributed by atoms with Gasteiger partial charge in [-0.25, -0.2) is 0 Å². The number of anilines is 1. The molecule has 0 aliphatic heterocycles. The molecule has 0 aliphatic rings. The van der Waals surface area contributed by atoms with Gasteiger partial charge in [0.05, 0.1) is 17.1 Å². The van der Waals surface area contributed by atoms with E-state index in [1.165, 1.54) is 0 Å². The van der Waals surface area contributed by atoms with E-state index in [2.05, 4.69) is 31.4 Å². The molecule has 0 amide bonds. The van der Waals surface area contributed by atoms with Gasteiger partial charge in [-0.1, -0.05) is 22.0 Å². The molecule has 1 aromatic heterocycles. The third-order valence-electron chi connectivity index (χ3n) is 2.23. The van der Waals surface area contributed by atoms with Gasteiger partial charge in [-0.2, -0.15) is 5.10 Å². The molecule has 0 saturated carbocycles. The van der Waals surface area contributed by atoms with Crippen LogP contribution in [0.4, 0.5) is 5.69 Å². The second kappa shape index (κ2) is 5.59. The Bertz CT molecular complexity index is 506. The molecule has 0 atom stereocenters. The van der Waals surface area contributed by atoms with Crippen molar-refractivity contribution in [3.63, 3.8) is 0 Å². The summed E-state index contributed by atoms with van der Waals surface area (Å²) in [5.41, 5.74) is 5.67. The maximum atomic E-state index is 4.28. The van der Waals surface area contributed by atoms with Crippen molar-refractivity contribution in [1.82, 2.24) is 4.98 Å². The van der Waals surface area contributed by atoms with E-state index in [1.807, 2.05) is 49.4 Å². The Balaban J connectivity index is 2.08. The van der Waals surface area contributed by atoms with Crippen LogP contribution in [0, 0.1) is 0 Å². The molecule has 3 nitrogen and oxygen atoms in total. The number of hydrogen-bond acceptors (Lipinski definition) is 3. The first-order chi connectivity index (χ1) is 8.25. The summed E-state index contributed by atoms with van der Waals surface area (Å²) in [4.78, 5) is 4.23. The van der Waals surface area contributed by atoms with E-state index < -0.39 is 0 Å². The summed E-state index contributed by atoms with van der Waals surface area (Å²) in [6, 6.07) is 13.6. The number of rotatable bonds is 3. The molecule has 2 aromatic rings. The Labute approximate surface area is 109 Å². The van der Waals surface area contributed by atoms with Crippen LogP contribution in [0.3, 0.4) is 0 Å². The highest BCUT2D eigenvalue weighted by molar-refractivity contribution is 9.10. The minimum atomic E-state index is 0.855. The monoisotopic (exact) mass is 289 g/mol. The molecule has 0 unspecified atom stereocenters. The lowest BCUT2D eigenvalue weighted by Gasteiger charge is -2.02. The summed E-state index contributed by atoms with van der Waals surface area (Å²) in [7, 11) is 0. The predicted octanol–water partition coefficient (Wildman–Crippen LogP) is 3.68. The summed E-state index contributed by atoms with van der Waals surface area (Å²) in [6.07, 6.45) is 1.76. The second-order valence-electron chi connectivity index (χ2n) is 3.53. The molecule has 0 saturated heterocycles. The SMILES string of the molecule is C/C(=N\Nc1ccc(Br)cc1)c1ccccn1. The first-order valence-electron chi connectivity index (χ1n) is 5.23. The molecule has 86 valence electrons. The third kappa shape index (κ3) is 3.39. The van der Waals surface area contributed by atoms with Crippen LogP contribution in [0.1, 0.15) is 12.6 Å². The lowest BCUT2D eigenvalue weighted by atomic mass is 10.3. The van der Waals surface area contributed by atoms with Crippen LogP contribution in [0.5, 0.6) is 0 Å². The summed E-state index contributed by atoms with van der Waals surface area (Å²) >= 11 is 3.39. The van der Waals surface area contributed by atoms with Crippen molar-refractivity contribution in [3.05, 3.63) is 58.8 Å². The number of nitrogens with one attached hydrogen (secondary N) is 1. The minimum absolute atomic E-state index is 0.855. The fourth-order valence-corrected chi connectivity index (χ4v) is 1.57. The summed E-state index contributed by atoms with van der Waals surface area (Å²) in [5, 5.41) is 4.28. The van der Waals surface area contributed by atoms with Crippen LogP contribution in [0.2, 0.25) is 0 Å². The summed E-state index contributed by atoms with van der Waals surface area (Å²) < 4.78 is 1.05. The molecule has 0 radical (unpaired) electrons. The highest BCUT2D eigenvalue weighted by atomic mass is 79.9. The molecule has 0 fully saturated rings. The van der Waals surface area contributed by atoms with Crippen LogP contribution in [-0.2, 0) is 0 Å². The summed E-state index contributed by atoms with van der Waals surface area (Å²) in [5.74, 6) is 0. The Hall–Kier alpha value is -1.68. The molecule has 2 rings (SSSR count). The van der Waals surface area contributed by atoms with E-state index in [1.54, 1.807) is 6.20 Å². The average molecular weight is 290 g/mol. The van der Waals surface area contributed by atoms with Crippen molar-refractivity contribution in [1.29, 1.82) is 0 Å². The van der Waals surface area contributed by atoms with Gasteiger partial charge in [0.15, 0.2) is 0 Å². The molecule has 0 spiro atoms. The van der Waals surface area contributed by atoms with Gasteiger partial charge in [-0.05, 0) is 43.3 Å². The van der Waals surface area contributed by atoms with Crippen LogP contribution in [0.15, 0.2) is 58.2 Å². The van der Waals surface area contributed by atoms with Crippen LogP contribution in [0.25, 0.3) is 0 Å². The first kappa shape index (κ1) is 11.8. The lowest BCUT2D eigenvalue weighted by molar-refractivity contribution is 1.25. The molecule has 1 aromatic carbocycles. The second-order valence-corrected chi connectivity index (χ2v) is 4.45. The van der Waals surface area contributed by atoms with E-state index in [4.69, 9.17) is 0 Å². The van der Waals surface area contributed by atoms with Gasteiger partial charge in [0.1, 0.15) is 0 Å². The lowest BCUT2D eigenvalue weighted by Crippen LogP contribution is -2.01. The van der Waals surface area contributed by atoms with Gasteiger partial charge in [-0.15, -0.1) is 0 Å². The largest absolute Gasteiger partial charge is 0.278 e. The fraction of sp³-hybridized carbons (Fsp3) is 0.0769. The van der Waals surface area contributed by atoms with Gasteiger partial charge in [-0.3, -0.25) is 10.4 Å². The molecule has 4 heteroatoms. The predicted molar refractivity (Wildman–Crippen MR) is 74.2 cm³/mol. The number of hydrogen-bond donors (Lipinski definition) is 1. The van der Waals surface area contributed by atoms with Gasteiger partial charge in [0.25, 0.3) is 0 Å². The minimum Gasteiger partial charge on any atom is -0.278 e. The molecule has 17 heavy (non-hydrogen) atoms. The highest BCUT2D eigenvalue weighted by Crippen LogP contribution is 2.14. The van der Waals surface area contributed by atoms with Crippen molar-refractivity contribution < 1.29 is 0 Å². The van der Waals surface area contributed by atoms with Crippen molar-refractivity contribution >= 4 is 27.3 Å². The Morgan fingerprint density at radius 2 is 1.94 bits per heavy atom. The topological polar surface area (TPSA) is 37.3 Å². The molecule has 0 bridgehead atoms. The number of pyridine rings is 1. The zero-order valence-electron chi connectivity index (χ0n) is 9.39. The standard InChI is InChI=1S/C13H12BrN3/c1-10(13-4-2-3-9-15-13)16-17-12-7-5-11(14)6-8-12/h2-9,17H,1H3/b16-10+. The van der Waals surface area contributed by atoms with Crippen LogP contribution in [-0.4, -0.2) is 10.7 Å². The molecular weight excluding hydrogens is 278 g/mol. The molecule has 1 N–H and O–H groups in total. The van der Waals surface area contributed by atoms with E-state index in [-0.39, 0.29) is 0 Å². The Kier molecular flexibility index (Phi) is 3.88. The van der Waals surface area contributed by atoms with Crippen molar-refractivity contribution in [2.24, 2.45) is 5.10 Å². The van der Waals surface area contributed by atoms with E-state index in [9.17, 15) is 0 Å². The quantitative estimate of drug-likeness (QED) is 0.691. The normalized spacial score (nSPS) is 11.3. The van der Waals surface area contributed by atoms with Gasteiger partial charge >= 0.3 is 0 Å². The van der Waals surface area contributed by atoms with Gasteiger partial charge < -0.3 is 0 Å². The zero-order valence-corrected chi connectivity index (χ0v) is 11.0.